The lowest BCUT2D eigenvalue weighted by Gasteiger charge is -2.23. The molecule has 0 radical (unpaired) electrons. The Balaban J connectivity index is 1.79. The summed E-state index contributed by atoms with van der Waals surface area (Å²) < 4.78 is 0. The Morgan fingerprint density at radius 1 is 0.929 bits per heavy atom. The number of rotatable bonds is 6. The van der Waals surface area contributed by atoms with E-state index in [2.05, 4.69) is 72.3 Å². The number of carbonyl (C=O) groups is 1. The van der Waals surface area contributed by atoms with Gasteiger partial charge in [-0.2, -0.15) is 0 Å². The lowest BCUT2D eigenvalue weighted by atomic mass is 10.0. The third kappa shape index (κ3) is 4.70. The van der Waals surface area contributed by atoms with E-state index in [1.807, 2.05) is 26.8 Å². The second kappa shape index (κ2) is 8.72. The Kier molecular flexibility index (Phi) is 6.32. The summed E-state index contributed by atoms with van der Waals surface area (Å²) in [5.74, 6) is -0.0243. The quantitative estimate of drug-likeness (QED) is 0.566. The van der Waals surface area contributed by atoms with E-state index >= 15 is 0 Å². The zero-order chi connectivity index (χ0) is 20.3. The molecule has 3 rings (SSSR count). The zero-order valence-corrected chi connectivity index (χ0v) is 18.0. The molecular weight excluding hydrogens is 364 g/mol. The van der Waals surface area contributed by atoms with Gasteiger partial charge in [0.2, 0.25) is 5.91 Å². The number of nitrogens with one attached hydrogen (secondary N) is 2. The van der Waals surface area contributed by atoms with Gasteiger partial charge in [-0.3, -0.25) is 10.1 Å². The maximum absolute atomic E-state index is 12.9. The molecule has 0 saturated carbocycles. The van der Waals surface area contributed by atoms with Crippen molar-refractivity contribution in [3.8, 4) is 0 Å². The maximum Gasteiger partial charge on any atom is 0.241 e. The summed E-state index contributed by atoms with van der Waals surface area (Å²) in [6.07, 6.45) is 0. The van der Waals surface area contributed by atoms with E-state index in [-0.39, 0.29) is 18.0 Å². The van der Waals surface area contributed by atoms with Crippen molar-refractivity contribution >= 4 is 22.9 Å². The van der Waals surface area contributed by atoms with E-state index < -0.39 is 0 Å². The molecule has 0 spiro atoms. The molecule has 0 aliphatic carbocycles. The average molecular weight is 393 g/mol. The Labute approximate surface area is 171 Å². The first-order valence-corrected chi connectivity index (χ1v) is 10.5. The summed E-state index contributed by atoms with van der Waals surface area (Å²) in [7, 11) is 0. The Morgan fingerprint density at radius 2 is 1.57 bits per heavy atom. The van der Waals surface area contributed by atoms with Crippen molar-refractivity contribution in [2.45, 2.75) is 46.7 Å². The van der Waals surface area contributed by atoms with Crippen LogP contribution in [0.15, 0.2) is 53.9 Å². The molecule has 0 saturated heterocycles. The first kappa shape index (κ1) is 20.3. The molecule has 146 valence electrons. The molecule has 0 fully saturated rings. The monoisotopic (exact) mass is 392 g/mol. The summed E-state index contributed by atoms with van der Waals surface area (Å²) in [5.41, 5.74) is 6.68. The fourth-order valence-corrected chi connectivity index (χ4v) is 4.30. The molecule has 2 N–H and O–H groups in total. The number of carbonyl (C=O) groups excluding carboxylic acids is 1. The van der Waals surface area contributed by atoms with Crippen molar-refractivity contribution in [3.05, 3.63) is 86.6 Å². The van der Waals surface area contributed by atoms with Crippen LogP contribution in [0.3, 0.4) is 0 Å². The fourth-order valence-electron chi connectivity index (χ4n) is 3.49. The lowest BCUT2D eigenvalue weighted by Crippen LogP contribution is -2.40. The third-order valence-corrected chi connectivity index (χ3v) is 5.91. The molecular formula is C24H28N2OS. The minimum atomic E-state index is -0.339. The summed E-state index contributed by atoms with van der Waals surface area (Å²) in [6, 6.07) is 16.5. The minimum absolute atomic E-state index is 0.0124. The van der Waals surface area contributed by atoms with Gasteiger partial charge in [-0.1, -0.05) is 53.6 Å². The Hall–Kier alpha value is -2.43. The maximum atomic E-state index is 12.9. The molecule has 0 aliphatic rings. The molecule has 0 bridgehead atoms. The predicted octanol–water partition coefficient (Wildman–Crippen LogP) is 5.69. The highest BCUT2D eigenvalue weighted by atomic mass is 32.1. The summed E-state index contributed by atoms with van der Waals surface area (Å²) in [6.45, 7) is 10.1. The second-order valence-corrected chi connectivity index (χ2v) is 8.49. The van der Waals surface area contributed by atoms with E-state index in [9.17, 15) is 4.79 Å². The van der Waals surface area contributed by atoms with Gasteiger partial charge in [0.15, 0.2) is 0 Å². The number of benzene rings is 2. The van der Waals surface area contributed by atoms with Gasteiger partial charge in [-0.05, 0) is 62.8 Å². The van der Waals surface area contributed by atoms with Gasteiger partial charge in [-0.25, -0.2) is 0 Å². The van der Waals surface area contributed by atoms with Gasteiger partial charge in [-0.15, -0.1) is 11.3 Å². The highest BCUT2D eigenvalue weighted by molar-refractivity contribution is 7.10. The van der Waals surface area contributed by atoms with E-state index in [0.29, 0.717) is 0 Å². The Bertz CT molecular complexity index is 922. The molecule has 3 aromatic rings. The Morgan fingerprint density at radius 3 is 2.14 bits per heavy atom. The number of anilines is 1. The third-order valence-electron chi connectivity index (χ3n) is 4.97. The van der Waals surface area contributed by atoms with Gasteiger partial charge >= 0.3 is 0 Å². The fraction of sp³-hybridized carbons (Fsp3) is 0.292. The van der Waals surface area contributed by atoms with Gasteiger partial charge in [0.25, 0.3) is 0 Å². The highest BCUT2D eigenvalue weighted by Gasteiger charge is 2.22. The summed E-state index contributed by atoms with van der Waals surface area (Å²) in [5, 5.41) is 8.71. The van der Waals surface area contributed by atoms with Crippen LogP contribution in [0.25, 0.3) is 0 Å². The number of hydrogen-bond acceptors (Lipinski definition) is 3. The van der Waals surface area contributed by atoms with Crippen molar-refractivity contribution in [1.82, 2.24) is 5.32 Å². The molecule has 0 unspecified atom stereocenters. The molecule has 4 heteroatoms. The molecule has 2 aromatic carbocycles. The first-order chi connectivity index (χ1) is 13.3. The molecule has 1 aromatic heterocycles. The van der Waals surface area contributed by atoms with E-state index in [1.165, 1.54) is 16.0 Å². The molecule has 2 atom stereocenters. The smallest absolute Gasteiger partial charge is 0.241 e. The molecule has 1 heterocycles. The number of thiophene rings is 1. The molecule has 0 aliphatic heterocycles. The van der Waals surface area contributed by atoms with Gasteiger partial charge < -0.3 is 5.32 Å². The molecule has 1 amide bonds. The van der Waals surface area contributed by atoms with Crippen LogP contribution in [0.5, 0.6) is 0 Å². The van der Waals surface area contributed by atoms with Crippen molar-refractivity contribution in [1.29, 1.82) is 0 Å². The van der Waals surface area contributed by atoms with Crippen LogP contribution < -0.4 is 10.6 Å². The van der Waals surface area contributed by atoms with Crippen LogP contribution in [0.4, 0.5) is 5.69 Å². The lowest BCUT2D eigenvalue weighted by molar-refractivity contribution is -0.117. The predicted molar refractivity (Wildman–Crippen MR) is 119 cm³/mol. The number of hydrogen-bond donors (Lipinski definition) is 2. The standard InChI is InChI=1S/C24H28N2OS/c1-15-8-10-20(11-9-15)23(21-7-6-12-28-21)25-19(5)24(27)26-22-17(3)13-16(2)14-18(22)4/h6-14,19,23,25H,1-5H3,(H,26,27)/t19-,23-/m1/s1. The number of amides is 1. The summed E-state index contributed by atoms with van der Waals surface area (Å²) in [4.78, 5) is 14.1. The van der Waals surface area contributed by atoms with Crippen LogP contribution in [0, 0.1) is 27.7 Å². The SMILES string of the molecule is Cc1ccc([C@@H](N[C@H](C)C(=O)Nc2c(C)cc(C)cc2C)c2cccs2)cc1. The molecule has 28 heavy (non-hydrogen) atoms. The number of aryl methyl sites for hydroxylation is 4. The topological polar surface area (TPSA) is 41.1 Å². The van der Waals surface area contributed by atoms with Crippen LogP contribution in [0.2, 0.25) is 0 Å². The first-order valence-electron chi connectivity index (χ1n) is 9.60. The normalized spacial score (nSPS) is 13.2. The van der Waals surface area contributed by atoms with Crippen LogP contribution in [-0.2, 0) is 4.79 Å². The van der Waals surface area contributed by atoms with Crippen molar-refractivity contribution in [3.63, 3.8) is 0 Å². The van der Waals surface area contributed by atoms with E-state index in [4.69, 9.17) is 0 Å². The zero-order valence-electron chi connectivity index (χ0n) is 17.2. The summed E-state index contributed by atoms with van der Waals surface area (Å²) >= 11 is 1.70. The van der Waals surface area contributed by atoms with Crippen molar-refractivity contribution < 1.29 is 4.79 Å². The van der Waals surface area contributed by atoms with Gasteiger partial charge in [0, 0.05) is 10.6 Å². The van der Waals surface area contributed by atoms with Gasteiger partial charge in [0.1, 0.15) is 0 Å². The average Bonchev–Trinajstić information content (AvgIpc) is 3.17. The van der Waals surface area contributed by atoms with Crippen molar-refractivity contribution in [2.75, 3.05) is 5.32 Å². The highest BCUT2D eigenvalue weighted by Crippen LogP contribution is 2.27. The minimum Gasteiger partial charge on any atom is -0.324 e. The van der Waals surface area contributed by atoms with Gasteiger partial charge in [0.05, 0.1) is 12.1 Å². The van der Waals surface area contributed by atoms with Crippen molar-refractivity contribution in [2.24, 2.45) is 0 Å². The van der Waals surface area contributed by atoms with Crippen LogP contribution >= 0.6 is 11.3 Å². The van der Waals surface area contributed by atoms with E-state index in [1.54, 1.807) is 11.3 Å². The largest absolute Gasteiger partial charge is 0.324 e. The van der Waals surface area contributed by atoms with Crippen LogP contribution in [0.1, 0.15) is 45.7 Å². The molecule has 3 nitrogen and oxygen atoms in total. The van der Waals surface area contributed by atoms with Crippen LogP contribution in [-0.4, -0.2) is 11.9 Å². The van der Waals surface area contributed by atoms with E-state index in [0.717, 1.165) is 22.4 Å². The second-order valence-electron chi connectivity index (χ2n) is 7.51.